The van der Waals surface area contributed by atoms with Crippen LogP contribution < -0.4 is 15.4 Å². The van der Waals surface area contributed by atoms with Crippen molar-refractivity contribution < 1.29 is 9.53 Å². The standard InChI is InChI=1S/C20H22N4O2S/c1-12-8-9-16(10-15(12)4)21-19(25)22-20-24-23-17(27-20)11-26-18-13(2)6-5-7-14(18)3/h5-10H,11H2,1-4H3,(H2,21,22,24,25). The molecule has 0 aliphatic rings. The van der Waals surface area contributed by atoms with Gasteiger partial charge in [-0.05, 0) is 62.1 Å². The lowest BCUT2D eigenvalue weighted by atomic mass is 10.1. The van der Waals surface area contributed by atoms with Gasteiger partial charge in [-0.15, -0.1) is 10.2 Å². The molecule has 2 amide bonds. The Balaban J connectivity index is 1.57. The van der Waals surface area contributed by atoms with E-state index < -0.39 is 0 Å². The third-order valence-corrected chi connectivity index (χ3v) is 5.01. The third-order valence-electron chi connectivity index (χ3n) is 4.20. The van der Waals surface area contributed by atoms with Gasteiger partial charge in [-0.1, -0.05) is 35.6 Å². The van der Waals surface area contributed by atoms with E-state index >= 15 is 0 Å². The van der Waals surface area contributed by atoms with E-state index in [0.29, 0.717) is 16.7 Å². The Morgan fingerprint density at radius 1 is 0.963 bits per heavy atom. The van der Waals surface area contributed by atoms with Crippen LogP contribution in [0.5, 0.6) is 5.75 Å². The number of hydrogen-bond acceptors (Lipinski definition) is 5. The number of aryl methyl sites for hydroxylation is 4. The highest BCUT2D eigenvalue weighted by molar-refractivity contribution is 7.15. The molecule has 0 saturated carbocycles. The molecule has 1 heterocycles. The number of hydrogen-bond donors (Lipinski definition) is 2. The number of benzene rings is 2. The minimum absolute atomic E-state index is 0.309. The number of nitrogens with zero attached hydrogens (tertiary/aromatic N) is 2. The number of urea groups is 1. The molecule has 7 heteroatoms. The van der Waals surface area contributed by atoms with E-state index in [1.807, 2.05) is 64.1 Å². The molecule has 2 N–H and O–H groups in total. The van der Waals surface area contributed by atoms with Crippen molar-refractivity contribution in [3.63, 3.8) is 0 Å². The minimum Gasteiger partial charge on any atom is -0.486 e. The molecule has 0 aliphatic heterocycles. The summed E-state index contributed by atoms with van der Waals surface area (Å²) in [6.07, 6.45) is 0. The molecule has 0 aliphatic carbocycles. The molecule has 0 saturated heterocycles. The second-order valence-corrected chi connectivity index (χ2v) is 7.45. The van der Waals surface area contributed by atoms with Crippen LogP contribution in [-0.2, 0) is 6.61 Å². The first-order chi connectivity index (χ1) is 12.9. The second-order valence-electron chi connectivity index (χ2n) is 6.39. The Morgan fingerprint density at radius 2 is 1.70 bits per heavy atom. The minimum atomic E-state index is -0.350. The predicted molar refractivity (Wildman–Crippen MR) is 109 cm³/mol. The lowest BCUT2D eigenvalue weighted by molar-refractivity contribution is 0.262. The number of amides is 2. The number of carbonyl (C=O) groups excluding carboxylic acids is 1. The van der Waals surface area contributed by atoms with Gasteiger partial charge >= 0.3 is 6.03 Å². The van der Waals surface area contributed by atoms with Crippen LogP contribution >= 0.6 is 11.3 Å². The van der Waals surface area contributed by atoms with E-state index in [4.69, 9.17) is 4.74 Å². The van der Waals surface area contributed by atoms with Crippen molar-refractivity contribution in [2.24, 2.45) is 0 Å². The number of ether oxygens (including phenoxy) is 1. The van der Waals surface area contributed by atoms with Crippen molar-refractivity contribution in [3.8, 4) is 5.75 Å². The van der Waals surface area contributed by atoms with E-state index in [9.17, 15) is 4.79 Å². The lowest BCUT2D eigenvalue weighted by Gasteiger charge is -2.10. The maximum atomic E-state index is 12.1. The van der Waals surface area contributed by atoms with Gasteiger partial charge in [0.1, 0.15) is 12.4 Å². The first-order valence-corrected chi connectivity index (χ1v) is 9.40. The summed E-state index contributed by atoms with van der Waals surface area (Å²) in [7, 11) is 0. The SMILES string of the molecule is Cc1ccc(NC(=O)Nc2nnc(COc3c(C)cccc3C)s2)cc1C. The van der Waals surface area contributed by atoms with Gasteiger partial charge in [0.25, 0.3) is 0 Å². The Labute approximate surface area is 162 Å². The van der Waals surface area contributed by atoms with Crippen LogP contribution in [0.15, 0.2) is 36.4 Å². The molecule has 0 spiro atoms. The molecule has 140 valence electrons. The molecular formula is C20H22N4O2S. The van der Waals surface area contributed by atoms with Crippen molar-refractivity contribution in [2.75, 3.05) is 10.6 Å². The molecule has 0 atom stereocenters. The van der Waals surface area contributed by atoms with Crippen LogP contribution in [0.3, 0.4) is 0 Å². The number of anilines is 2. The maximum absolute atomic E-state index is 12.1. The average Bonchev–Trinajstić information content (AvgIpc) is 3.05. The van der Waals surface area contributed by atoms with Crippen molar-refractivity contribution in [2.45, 2.75) is 34.3 Å². The Bertz CT molecular complexity index is 948. The van der Waals surface area contributed by atoms with Gasteiger partial charge in [0.15, 0.2) is 5.01 Å². The third kappa shape index (κ3) is 4.83. The van der Waals surface area contributed by atoms with Gasteiger partial charge in [-0.3, -0.25) is 5.32 Å². The number of carbonyl (C=O) groups is 1. The number of rotatable bonds is 5. The summed E-state index contributed by atoms with van der Waals surface area (Å²) in [5.74, 6) is 0.856. The van der Waals surface area contributed by atoms with Crippen LogP contribution in [0.2, 0.25) is 0 Å². The van der Waals surface area contributed by atoms with E-state index in [1.165, 1.54) is 16.9 Å². The monoisotopic (exact) mass is 382 g/mol. The zero-order valence-electron chi connectivity index (χ0n) is 15.8. The van der Waals surface area contributed by atoms with Gasteiger partial charge in [-0.2, -0.15) is 0 Å². The van der Waals surface area contributed by atoms with Crippen LogP contribution in [0.25, 0.3) is 0 Å². The van der Waals surface area contributed by atoms with Crippen molar-refractivity contribution in [1.82, 2.24) is 10.2 Å². The van der Waals surface area contributed by atoms with Crippen molar-refractivity contribution in [1.29, 1.82) is 0 Å². The summed E-state index contributed by atoms with van der Waals surface area (Å²) in [6, 6.07) is 11.4. The number of nitrogens with one attached hydrogen (secondary N) is 2. The van der Waals surface area contributed by atoms with Crippen LogP contribution in [-0.4, -0.2) is 16.2 Å². The van der Waals surface area contributed by atoms with Gasteiger partial charge in [0, 0.05) is 5.69 Å². The summed E-state index contributed by atoms with van der Waals surface area (Å²) in [5, 5.41) is 14.7. The molecule has 0 radical (unpaired) electrons. The molecule has 27 heavy (non-hydrogen) atoms. The summed E-state index contributed by atoms with van der Waals surface area (Å²) in [6.45, 7) is 8.36. The van der Waals surface area contributed by atoms with Gasteiger partial charge in [0.05, 0.1) is 0 Å². The highest BCUT2D eigenvalue weighted by Crippen LogP contribution is 2.25. The zero-order valence-corrected chi connectivity index (χ0v) is 16.6. The Morgan fingerprint density at radius 3 is 2.41 bits per heavy atom. The summed E-state index contributed by atoms with van der Waals surface area (Å²) in [5.41, 5.74) is 5.18. The Hall–Kier alpha value is -2.93. The summed E-state index contributed by atoms with van der Waals surface area (Å²) >= 11 is 1.29. The lowest BCUT2D eigenvalue weighted by Crippen LogP contribution is -2.19. The first kappa shape index (κ1) is 18.8. The molecule has 3 rings (SSSR count). The summed E-state index contributed by atoms with van der Waals surface area (Å²) < 4.78 is 5.87. The maximum Gasteiger partial charge on any atom is 0.325 e. The van der Waals surface area contributed by atoms with E-state index in [0.717, 1.165) is 28.1 Å². The first-order valence-electron chi connectivity index (χ1n) is 8.59. The van der Waals surface area contributed by atoms with Crippen molar-refractivity contribution >= 4 is 28.2 Å². The average molecular weight is 382 g/mol. The van der Waals surface area contributed by atoms with E-state index in [1.54, 1.807) is 0 Å². The molecule has 3 aromatic rings. The number of aromatic nitrogens is 2. The molecule has 1 aromatic heterocycles. The smallest absolute Gasteiger partial charge is 0.325 e. The quantitative estimate of drug-likeness (QED) is 0.651. The highest BCUT2D eigenvalue weighted by Gasteiger charge is 2.10. The van der Waals surface area contributed by atoms with Crippen molar-refractivity contribution in [3.05, 3.63) is 63.7 Å². The normalized spacial score (nSPS) is 10.5. The summed E-state index contributed by atoms with van der Waals surface area (Å²) in [4.78, 5) is 12.1. The zero-order chi connectivity index (χ0) is 19.4. The fraction of sp³-hybridized carbons (Fsp3) is 0.250. The Kier molecular flexibility index (Phi) is 5.71. The predicted octanol–water partition coefficient (Wildman–Crippen LogP) is 4.99. The van der Waals surface area contributed by atoms with Gasteiger partial charge < -0.3 is 10.1 Å². The molecular weight excluding hydrogens is 360 g/mol. The molecule has 2 aromatic carbocycles. The fourth-order valence-electron chi connectivity index (χ4n) is 2.60. The van der Waals surface area contributed by atoms with E-state index in [-0.39, 0.29) is 6.03 Å². The highest BCUT2D eigenvalue weighted by atomic mass is 32.1. The molecule has 6 nitrogen and oxygen atoms in total. The molecule has 0 fully saturated rings. The number of para-hydroxylation sites is 1. The van der Waals surface area contributed by atoms with Gasteiger partial charge in [-0.25, -0.2) is 4.79 Å². The van der Waals surface area contributed by atoms with Crippen LogP contribution in [0.4, 0.5) is 15.6 Å². The van der Waals surface area contributed by atoms with Crippen LogP contribution in [0.1, 0.15) is 27.3 Å². The topological polar surface area (TPSA) is 76.1 Å². The van der Waals surface area contributed by atoms with E-state index in [2.05, 4.69) is 20.8 Å². The molecule has 0 bridgehead atoms. The largest absolute Gasteiger partial charge is 0.486 e. The van der Waals surface area contributed by atoms with Gasteiger partial charge in [0.2, 0.25) is 5.13 Å². The fourth-order valence-corrected chi connectivity index (χ4v) is 3.25. The van der Waals surface area contributed by atoms with Crippen LogP contribution in [0, 0.1) is 27.7 Å². The molecule has 0 unspecified atom stereocenters. The second kappa shape index (κ2) is 8.18.